The van der Waals surface area contributed by atoms with Crippen LogP contribution in [0.4, 0.5) is 8.78 Å². The third kappa shape index (κ3) is 2.45. The van der Waals surface area contributed by atoms with Gasteiger partial charge < -0.3 is 4.74 Å². The van der Waals surface area contributed by atoms with Gasteiger partial charge in [-0.05, 0) is 6.92 Å². The molecule has 0 aromatic carbocycles. The minimum Gasteiger partial charge on any atom is -0.495 e. The van der Waals surface area contributed by atoms with Gasteiger partial charge >= 0.3 is 0 Å². The van der Waals surface area contributed by atoms with Gasteiger partial charge in [0.25, 0.3) is 0 Å². The summed E-state index contributed by atoms with van der Waals surface area (Å²) in [5.41, 5.74) is 0.498. The summed E-state index contributed by atoms with van der Waals surface area (Å²) in [4.78, 5) is 3.62. The standard InChI is InChI=1S/C7H8FNO.CH3F/c1-5-6(8)3-9-4-7(5)10-2;1-2/h3-4H,1-2H3;1H3. The molecule has 0 amide bonds. The van der Waals surface area contributed by atoms with E-state index in [0.29, 0.717) is 18.5 Å². The van der Waals surface area contributed by atoms with E-state index in [9.17, 15) is 8.78 Å². The van der Waals surface area contributed by atoms with Crippen molar-refractivity contribution in [1.82, 2.24) is 4.98 Å². The molecular weight excluding hydrogens is 164 g/mol. The zero-order chi connectivity index (χ0) is 9.56. The maximum atomic E-state index is 12.6. The molecule has 12 heavy (non-hydrogen) atoms. The van der Waals surface area contributed by atoms with Crippen molar-refractivity contribution in [3.63, 3.8) is 0 Å². The molecule has 0 unspecified atom stereocenters. The SMILES string of the molecule is CF.COc1cncc(F)c1C. The number of methoxy groups -OCH3 is 1. The molecule has 1 heterocycles. The second kappa shape index (κ2) is 5.46. The van der Waals surface area contributed by atoms with Crippen LogP contribution in [0.2, 0.25) is 0 Å². The van der Waals surface area contributed by atoms with Gasteiger partial charge in [-0.25, -0.2) is 4.39 Å². The van der Waals surface area contributed by atoms with Crippen molar-refractivity contribution < 1.29 is 13.5 Å². The molecule has 1 rings (SSSR count). The summed E-state index contributed by atoms with van der Waals surface area (Å²) in [5, 5.41) is 0. The minimum absolute atomic E-state index is 0.334. The largest absolute Gasteiger partial charge is 0.495 e. The van der Waals surface area contributed by atoms with E-state index in [1.54, 1.807) is 6.92 Å². The highest BCUT2D eigenvalue weighted by Gasteiger charge is 2.01. The predicted molar refractivity (Wildman–Crippen MR) is 42.5 cm³/mol. The molecule has 0 fully saturated rings. The van der Waals surface area contributed by atoms with Crippen molar-refractivity contribution in [3.05, 3.63) is 23.8 Å². The van der Waals surface area contributed by atoms with Gasteiger partial charge in [-0.15, -0.1) is 0 Å². The van der Waals surface area contributed by atoms with E-state index in [0.717, 1.165) is 6.20 Å². The summed E-state index contributed by atoms with van der Waals surface area (Å²) in [7, 11) is 1.99. The van der Waals surface area contributed by atoms with Gasteiger partial charge in [-0.1, -0.05) is 0 Å². The number of halogens is 2. The smallest absolute Gasteiger partial charge is 0.148 e. The first-order valence-electron chi connectivity index (χ1n) is 3.27. The van der Waals surface area contributed by atoms with Crippen molar-refractivity contribution in [2.45, 2.75) is 6.92 Å². The summed E-state index contributed by atoms with van der Waals surface area (Å²) in [6.07, 6.45) is 2.65. The molecule has 0 aliphatic carbocycles. The van der Waals surface area contributed by atoms with Crippen LogP contribution in [0.15, 0.2) is 12.4 Å². The van der Waals surface area contributed by atoms with Crippen LogP contribution in [0.5, 0.6) is 5.75 Å². The van der Waals surface area contributed by atoms with Crippen LogP contribution in [0.3, 0.4) is 0 Å². The van der Waals surface area contributed by atoms with Crippen LogP contribution in [-0.4, -0.2) is 19.3 Å². The lowest BCUT2D eigenvalue weighted by Gasteiger charge is -2.02. The van der Waals surface area contributed by atoms with E-state index in [-0.39, 0.29) is 5.82 Å². The highest BCUT2D eigenvalue weighted by molar-refractivity contribution is 5.29. The number of hydrogen-bond donors (Lipinski definition) is 0. The second-order valence-electron chi connectivity index (χ2n) is 1.95. The first-order chi connectivity index (χ1) is 5.75. The lowest BCUT2D eigenvalue weighted by Crippen LogP contribution is -1.91. The van der Waals surface area contributed by atoms with E-state index in [4.69, 9.17) is 4.74 Å². The fraction of sp³-hybridized carbons (Fsp3) is 0.375. The number of alkyl halides is 1. The van der Waals surface area contributed by atoms with Gasteiger partial charge in [-0.3, -0.25) is 9.37 Å². The molecule has 1 aromatic heterocycles. The normalized spacial score (nSPS) is 8.42. The quantitative estimate of drug-likeness (QED) is 0.652. The van der Waals surface area contributed by atoms with Gasteiger partial charge in [0.05, 0.1) is 26.7 Å². The Morgan fingerprint density at radius 3 is 2.33 bits per heavy atom. The zero-order valence-electron chi connectivity index (χ0n) is 7.27. The Kier molecular flexibility index (Phi) is 4.92. The molecule has 4 heteroatoms. The summed E-state index contributed by atoms with van der Waals surface area (Å²) in [6, 6.07) is 0. The van der Waals surface area contributed by atoms with Crippen molar-refractivity contribution in [2.75, 3.05) is 14.3 Å². The predicted octanol–water partition coefficient (Wildman–Crippen LogP) is 2.12. The van der Waals surface area contributed by atoms with E-state index in [1.807, 2.05) is 0 Å². The third-order valence-corrected chi connectivity index (χ3v) is 1.33. The number of aromatic nitrogens is 1. The summed E-state index contributed by atoms with van der Waals surface area (Å²) in [5.74, 6) is 0.152. The maximum Gasteiger partial charge on any atom is 0.148 e. The molecule has 0 spiro atoms. The number of ether oxygens (including phenoxy) is 1. The van der Waals surface area contributed by atoms with Crippen molar-refractivity contribution in [1.29, 1.82) is 0 Å². The topological polar surface area (TPSA) is 22.1 Å². The minimum atomic E-state index is -0.334. The van der Waals surface area contributed by atoms with E-state index in [2.05, 4.69) is 4.98 Å². The summed E-state index contributed by atoms with van der Waals surface area (Å²) in [6.45, 7) is 1.65. The fourth-order valence-corrected chi connectivity index (χ4v) is 0.688. The Morgan fingerprint density at radius 2 is 1.92 bits per heavy atom. The molecule has 0 saturated heterocycles. The van der Waals surface area contributed by atoms with Crippen LogP contribution in [0.25, 0.3) is 0 Å². The molecule has 0 aliphatic heterocycles. The van der Waals surface area contributed by atoms with Crippen LogP contribution < -0.4 is 4.74 Å². The highest BCUT2D eigenvalue weighted by Crippen LogP contribution is 2.16. The lowest BCUT2D eigenvalue weighted by molar-refractivity contribution is 0.404. The molecule has 1 aromatic rings. The van der Waals surface area contributed by atoms with E-state index < -0.39 is 0 Å². The van der Waals surface area contributed by atoms with Gasteiger partial charge in [0.15, 0.2) is 0 Å². The number of nitrogens with zero attached hydrogens (tertiary/aromatic N) is 1. The lowest BCUT2D eigenvalue weighted by atomic mass is 10.3. The molecular formula is C8H11F2NO. The van der Waals surface area contributed by atoms with E-state index >= 15 is 0 Å². The molecule has 0 saturated carbocycles. The van der Waals surface area contributed by atoms with Crippen LogP contribution in [0.1, 0.15) is 5.56 Å². The van der Waals surface area contributed by atoms with Gasteiger partial charge in [-0.2, -0.15) is 0 Å². The Labute approximate surface area is 70.2 Å². The van der Waals surface area contributed by atoms with Gasteiger partial charge in [0.1, 0.15) is 11.6 Å². The second-order valence-corrected chi connectivity index (χ2v) is 1.95. The molecule has 0 radical (unpaired) electrons. The summed E-state index contributed by atoms with van der Waals surface area (Å²) >= 11 is 0. The van der Waals surface area contributed by atoms with Crippen LogP contribution >= 0.6 is 0 Å². The average molecular weight is 175 g/mol. The first kappa shape index (κ1) is 10.8. The molecule has 0 atom stereocenters. The van der Waals surface area contributed by atoms with Crippen LogP contribution in [0, 0.1) is 12.7 Å². The Bertz CT molecular complexity index is 240. The molecule has 0 N–H and O–H groups in total. The van der Waals surface area contributed by atoms with Crippen molar-refractivity contribution in [3.8, 4) is 5.75 Å². The maximum absolute atomic E-state index is 12.6. The molecule has 0 aliphatic rings. The number of pyridine rings is 1. The van der Waals surface area contributed by atoms with E-state index in [1.165, 1.54) is 13.3 Å². The molecule has 68 valence electrons. The van der Waals surface area contributed by atoms with Gasteiger partial charge in [0, 0.05) is 5.56 Å². The monoisotopic (exact) mass is 175 g/mol. The first-order valence-corrected chi connectivity index (χ1v) is 3.27. The Morgan fingerprint density at radius 1 is 1.33 bits per heavy atom. The average Bonchev–Trinajstić information content (AvgIpc) is 2.13. The number of rotatable bonds is 1. The molecule has 2 nitrogen and oxygen atoms in total. The Hall–Kier alpha value is -1.19. The zero-order valence-corrected chi connectivity index (χ0v) is 7.27. The fourth-order valence-electron chi connectivity index (χ4n) is 0.688. The Balaban J connectivity index is 0.000000561. The highest BCUT2D eigenvalue weighted by atomic mass is 19.1. The number of hydrogen-bond acceptors (Lipinski definition) is 2. The summed E-state index contributed by atoms with van der Waals surface area (Å²) < 4.78 is 26.9. The molecule has 0 bridgehead atoms. The van der Waals surface area contributed by atoms with Crippen molar-refractivity contribution in [2.24, 2.45) is 0 Å². The van der Waals surface area contributed by atoms with Crippen LogP contribution in [-0.2, 0) is 0 Å². The van der Waals surface area contributed by atoms with Crippen molar-refractivity contribution >= 4 is 0 Å². The third-order valence-electron chi connectivity index (χ3n) is 1.33. The van der Waals surface area contributed by atoms with Gasteiger partial charge in [0.2, 0.25) is 0 Å².